The highest BCUT2D eigenvalue weighted by molar-refractivity contribution is 7.92. The molecule has 0 bridgehead atoms. The number of rotatable bonds is 8. The fourth-order valence-corrected chi connectivity index (χ4v) is 4.96. The molecule has 192 valence electrons. The van der Waals surface area contributed by atoms with Crippen LogP contribution in [0.15, 0.2) is 45.8 Å². The number of amides is 1. The number of aromatic nitrogens is 2. The van der Waals surface area contributed by atoms with Gasteiger partial charge in [0.05, 0.1) is 4.90 Å². The van der Waals surface area contributed by atoms with Crippen LogP contribution in [-0.4, -0.2) is 42.5 Å². The molecule has 12 heteroatoms. The SMILES string of the molecule is CC(C)CNC(=O)c1noc(NS(=O)(=O)c2ccc3c(c2)CN([C@H](C)c2cc(F)cc(F)c2)CC3)n1. The Bertz CT molecular complexity index is 1360. The van der Waals surface area contributed by atoms with E-state index in [0.29, 0.717) is 31.6 Å². The van der Waals surface area contributed by atoms with Gasteiger partial charge in [-0.15, -0.1) is 0 Å². The van der Waals surface area contributed by atoms with Crippen molar-refractivity contribution in [1.82, 2.24) is 20.4 Å². The second-order valence-corrected chi connectivity index (χ2v) is 10.8. The van der Waals surface area contributed by atoms with Gasteiger partial charge in [-0.3, -0.25) is 9.69 Å². The van der Waals surface area contributed by atoms with Crippen molar-refractivity contribution in [1.29, 1.82) is 0 Å². The van der Waals surface area contributed by atoms with Gasteiger partial charge in [0, 0.05) is 31.7 Å². The summed E-state index contributed by atoms with van der Waals surface area (Å²) in [6.07, 6.45) is 0.656. The molecule has 0 unspecified atom stereocenters. The maximum atomic E-state index is 13.7. The Balaban J connectivity index is 1.49. The van der Waals surface area contributed by atoms with E-state index in [2.05, 4.69) is 20.2 Å². The van der Waals surface area contributed by atoms with Crippen molar-refractivity contribution < 1.29 is 26.5 Å². The molecular formula is C24H27F2N5O4S. The standard InChI is InChI=1S/C24H27F2N5O4S/c1-14(2)12-27-23(32)22-28-24(35-29-22)30-36(33,34)21-5-4-16-6-7-31(13-18(16)10-21)15(3)17-8-19(25)11-20(26)9-17/h4-5,8-11,14-15H,6-7,12-13H2,1-3H3,(H,27,32)(H,28,29,30)/t15-/m1/s1. The van der Waals surface area contributed by atoms with Crippen LogP contribution in [-0.2, 0) is 23.0 Å². The van der Waals surface area contributed by atoms with Crippen molar-refractivity contribution in [2.45, 2.75) is 44.7 Å². The molecule has 36 heavy (non-hydrogen) atoms. The van der Waals surface area contributed by atoms with Crippen LogP contribution in [0.25, 0.3) is 0 Å². The molecule has 0 saturated carbocycles. The Labute approximate surface area is 207 Å². The molecule has 1 aliphatic heterocycles. The lowest BCUT2D eigenvalue weighted by Crippen LogP contribution is -2.33. The fraction of sp³-hybridized carbons (Fsp3) is 0.375. The minimum Gasteiger partial charge on any atom is -0.349 e. The summed E-state index contributed by atoms with van der Waals surface area (Å²) in [5, 5.41) is 6.15. The largest absolute Gasteiger partial charge is 0.349 e. The van der Waals surface area contributed by atoms with E-state index >= 15 is 0 Å². The number of halogens is 2. The van der Waals surface area contributed by atoms with E-state index in [-0.39, 0.29) is 22.7 Å². The average molecular weight is 520 g/mol. The highest BCUT2D eigenvalue weighted by atomic mass is 32.2. The van der Waals surface area contributed by atoms with Gasteiger partial charge in [-0.1, -0.05) is 19.9 Å². The van der Waals surface area contributed by atoms with Crippen molar-refractivity contribution in [3.05, 3.63) is 70.5 Å². The number of carbonyl (C=O) groups excluding carboxylic acids is 1. The van der Waals surface area contributed by atoms with E-state index in [4.69, 9.17) is 4.52 Å². The molecule has 4 rings (SSSR count). The molecule has 2 aromatic carbocycles. The van der Waals surface area contributed by atoms with Crippen molar-refractivity contribution in [2.75, 3.05) is 17.8 Å². The number of nitrogens with one attached hydrogen (secondary N) is 2. The molecule has 9 nitrogen and oxygen atoms in total. The van der Waals surface area contributed by atoms with E-state index < -0.39 is 33.6 Å². The fourth-order valence-electron chi connectivity index (χ4n) is 3.99. The Morgan fingerprint density at radius 3 is 2.53 bits per heavy atom. The van der Waals surface area contributed by atoms with Crippen LogP contribution in [0.4, 0.5) is 14.8 Å². The molecule has 0 radical (unpaired) electrons. The van der Waals surface area contributed by atoms with Crippen molar-refractivity contribution in [2.24, 2.45) is 5.92 Å². The molecule has 2 heterocycles. The first-order chi connectivity index (χ1) is 17.0. The first-order valence-corrected chi connectivity index (χ1v) is 13.0. The van der Waals surface area contributed by atoms with Crippen molar-refractivity contribution in [3.8, 4) is 0 Å². The van der Waals surface area contributed by atoms with Gasteiger partial charge in [0.25, 0.3) is 21.8 Å². The topological polar surface area (TPSA) is 117 Å². The minimum absolute atomic E-state index is 0.0171. The number of benzene rings is 2. The summed E-state index contributed by atoms with van der Waals surface area (Å²) < 4.78 is 60.4. The third-order valence-corrected chi connectivity index (χ3v) is 7.28. The molecule has 1 amide bonds. The van der Waals surface area contributed by atoms with Gasteiger partial charge in [-0.25, -0.2) is 21.9 Å². The van der Waals surface area contributed by atoms with E-state index in [1.807, 2.05) is 25.7 Å². The van der Waals surface area contributed by atoms with Gasteiger partial charge < -0.3 is 9.84 Å². The third kappa shape index (κ3) is 5.88. The Morgan fingerprint density at radius 2 is 1.83 bits per heavy atom. The summed E-state index contributed by atoms with van der Waals surface area (Å²) in [5.41, 5.74) is 2.28. The highest BCUT2D eigenvalue weighted by Gasteiger charge is 2.26. The summed E-state index contributed by atoms with van der Waals surface area (Å²) in [6.45, 7) is 7.17. The molecule has 0 saturated heterocycles. The number of carbonyl (C=O) groups is 1. The van der Waals surface area contributed by atoms with Gasteiger partial charge in [0.1, 0.15) is 11.6 Å². The van der Waals surface area contributed by atoms with Crippen LogP contribution in [0.5, 0.6) is 0 Å². The normalized spacial score (nSPS) is 14.9. The first-order valence-electron chi connectivity index (χ1n) is 11.5. The quantitative estimate of drug-likeness (QED) is 0.466. The van der Waals surface area contributed by atoms with Crippen LogP contribution in [0.1, 0.15) is 54.1 Å². The zero-order valence-electron chi connectivity index (χ0n) is 20.1. The molecule has 1 aliphatic rings. The Kier molecular flexibility index (Phi) is 7.36. The maximum Gasteiger partial charge on any atom is 0.335 e. The van der Waals surface area contributed by atoms with E-state index in [0.717, 1.165) is 17.2 Å². The number of sulfonamides is 1. The predicted octanol–water partition coefficient (Wildman–Crippen LogP) is 3.65. The van der Waals surface area contributed by atoms with E-state index in [1.165, 1.54) is 18.2 Å². The second kappa shape index (κ2) is 10.3. The zero-order chi connectivity index (χ0) is 26.0. The van der Waals surface area contributed by atoms with Gasteiger partial charge in [-0.05, 0) is 65.4 Å². The van der Waals surface area contributed by atoms with E-state index in [1.54, 1.807) is 12.1 Å². The summed E-state index contributed by atoms with van der Waals surface area (Å²) in [7, 11) is -4.08. The first kappa shape index (κ1) is 25.7. The lowest BCUT2D eigenvalue weighted by molar-refractivity contribution is 0.0935. The molecule has 1 aromatic heterocycles. The molecule has 0 aliphatic carbocycles. The number of anilines is 1. The highest BCUT2D eigenvalue weighted by Crippen LogP contribution is 2.30. The zero-order valence-corrected chi connectivity index (χ0v) is 20.9. The van der Waals surface area contributed by atoms with Crippen LogP contribution in [0.3, 0.4) is 0 Å². The minimum atomic E-state index is -4.08. The number of hydrogen-bond donors (Lipinski definition) is 2. The smallest absolute Gasteiger partial charge is 0.335 e. The average Bonchev–Trinajstić information content (AvgIpc) is 3.28. The van der Waals surface area contributed by atoms with Gasteiger partial charge in [0.2, 0.25) is 0 Å². The van der Waals surface area contributed by atoms with Crippen LogP contribution in [0.2, 0.25) is 0 Å². The number of hydrogen-bond acceptors (Lipinski definition) is 7. The molecule has 3 aromatic rings. The van der Waals surface area contributed by atoms with Crippen molar-refractivity contribution >= 4 is 21.9 Å². The van der Waals surface area contributed by atoms with Gasteiger partial charge in [0.15, 0.2) is 0 Å². The predicted molar refractivity (Wildman–Crippen MR) is 128 cm³/mol. The Hall–Kier alpha value is -3.38. The van der Waals surface area contributed by atoms with Gasteiger partial charge >= 0.3 is 6.01 Å². The maximum absolute atomic E-state index is 13.7. The van der Waals surface area contributed by atoms with Crippen LogP contribution >= 0.6 is 0 Å². The van der Waals surface area contributed by atoms with Crippen molar-refractivity contribution in [3.63, 3.8) is 0 Å². The molecule has 0 fully saturated rings. The summed E-state index contributed by atoms with van der Waals surface area (Å²) in [5.74, 6) is -1.92. The molecule has 0 spiro atoms. The summed E-state index contributed by atoms with van der Waals surface area (Å²) in [6, 6.07) is 7.50. The van der Waals surface area contributed by atoms with E-state index in [9.17, 15) is 22.0 Å². The van der Waals surface area contributed by atoms with Crippen LogP contribution in [0, 0.1) is 17.6 Å². The van der Waals surface area contributed by atoms with Gasteiger partial charge in [-0.2, -0.15) is 4.98 Å². The lowest BCUT2D eigenvalue weighted by Gasteiger charge is -2.34. The lowest BCUT2D eigenvalue weighted by atomic mass is 9.97. The van der Waals surface area contributed by atoms with Crippen LogP contribution < -0.4 is 10.0 Å². The number of nitrogens with zero attached hydrogens (tertiary/aromatic N) is 3. The molecule has 1 atom stereocenters. The Morgan fingerprint density at radius 1 is 1.11 bits per heavy atom. The summed E-state index contributed by atoms with van der Waals surface area (Å²) in [4.78, 5) is 17.9. The molecular weight excluding hydrogens is 492 g/mol. The number of fused-ring (bicyclic) bond motifs is 1. The molecule has 2 N–H and O–H groups in total. The summed E-state index contributed by atoms with van der Waals surface area (Å²) >= 11 is 0. The second-order valence-electron chi connectivity index (χ2n) is 9.16. The monoisotopic (exact) mass is 519 g/mol. The third-order valence-electron chi connectivity index (χ3n) is 5.97.